The van der Waals surface area contributed by atoms with Crippen molar-refractivity contribution in [1.82, 2.24) is 5.32 Å². The van der Waals surface area contributed by atoms with Gasteiger partial charge in [-0.15, -0.1) is 0 Å². The van der Waals surface area contributed by atoms with E-state index in [-0.39, 0.29) is 24.8 Å². The van der Waals surface area contributed by atoms with Crippen molar-refractivity contribution >= 4 is 17.5 Å². The number of hydrogen-bond donors (Lipinski definition) is 2. The number of rotatable bonds is 9. The molecule has 6 nitrogen and oxygen atoms in total. The quantitative estimate of drug-likeness (QED) is 0.711. The van der Waals surface area contributed by atoms with Gasteiger partial charge in [0.05, 0.1) is 20.8 Å². The molecule has 2 rings (SSSR count). The lowest BCUT2D eigenvalue weighted by Gasteiger charge is -2.11. The van der Waals surface area contributed by atoms with Crippen LogP contribution in [0.1, 0.15) is 24.5 Å². The van der Waals surface area contributed by atoms with Crippen LogP contribution in [0.4, 0.5) is 5.69 Å². The number of amides is 2. The van der Waals surface area contributed by atoms with Gasteiger partial charge in [-0.25, -0.2) is 0 Å². The molecule has 144 valence electrons. The average Bonchev–Trinajstić information content (AvgIpc) is 2.70. The molecule has 0 radical (unpaired) electrons. The van der Waals surface area contributed by atoms with Crippen LogP contribution in [0, 0.1) is 0 Å². The van der Waals surface area contributed by atoms with Gasteiger partial charge in [-0.3, -0.25) is 9.59 Å². The second kappa shape index (κ2) is 10.2. The van der Waals surface area contributed by atoms with Crippen LogP contribution in [0.15, 0.2) is 42.5 Å². The van der Waals surface area contributed by atoms with Crippen molar-refractivity contribution in [2.75, 3.05) is 26.1 Å². The molecule has 0 aliphatic rings. The summed E-state index contributed by atoms with van der Waals surface area (Å²) in [5, 5.41) is 5.49. The number of para-hydroxylation sites is 1. The maximum absolute atomic E-state index is 12.1. The summed E-state index contributed by atoms with van der Waals surface area (Å²) in [6.45, 7) is 1.97. The van der Waals surface area contributed by atoms with Crippen molar-refractivity contribution in [2.24, 2.45) is 0 Å². The molecule has 0 aliphatic heterocycles. The molecule has 0 saturated heterocycles. The fourth-order valence-corrected chi connectivity index (χ4v) is 2.68. The van der Waals surface area contributed by atoms with Gasteiger partial charge in [0.25, 0.3) is 0 Å². The Labute approximate surface area is 159 Å². The SMILES string of the molecule is CCc1ccccc1NC(=O)CNC(=O)CCc1cc(OC)cc(OC)c1. The van der Waals surface area contributed by atoms with Crippen LogP contribution in [0.2, 0.25) is 0 Å². The number of carbonyl (C=O) groups is 2. The molecule has 2 aromatic carbocycles. The van der Waals surface area contributed by atoms with E-state index in [4.69, 9.17) is 9.47 Å². The number of anilines is 1. The number of benzene rings is 2. The van der Waals surface area contributed by atoms with E-state index in [1.54, 1.807) is 20.3 Å². The molecule has 0 unspecified atom stereocenters. The second-order valence-corrected chi connectivity index (χ2v) is 6.06. The fourth-order valence-electron chi connectivity index (χ4n) is 2.68. The third-order valence-electron chi connectivity index (χ3n) is 4.17. The molecule has 0 fully saturated rings. The summed E-state index contributed by atoms with van der Waals surface area (Å²) in [7, 11) is 3.17. The zero-order valence-electron chi connectivity index (χ0n) is 16.0. The highest BCUT2D eigenvalue weighted by Crippen LogP contribution is 2.23. The lowest BCUT2D eigenvalue weighted by Crippen LogP contribution is -2.33. The number of carbonyl (C=O) groups excluding carboxylic acids is 2. The van der Waals surface area contributed by atoms with Crippen molar-refractivity contribution in [1.29, 1.82) is 0 Å². The van der Waals surface area contributed by atoms with Crippen LogP contribution in [0.25, 0.3) is 0 Å². The highest BCUT2D eigenvalue weighted by molar-refractivity contribution is 5.95. The van der Waals surface area contributed by atoms with Crippen molar-refractivity contribution in [2.45, 2.75) is 26.2 Å². The Morgan fingerprint density at radius 2 is 1.63 bits per heavy atom. The number of ether oxygens (including phenoxy) is 2. The molecule has 6 heteroatoms. The van der Waals surface area contributed by atoms with Gasteiger partial charge in [0, 0.05) is 18.2 Å². The fraction of sp³-hybridized carbons (Fsp3) is 0.333. The largest absolute Gasteiger partial charge is 0.497 e. The minimum Gasteiger partial charge on any atom is -0.497 e. The van der Waals surface area contributed by atoms with Crippen LogP contribution < -0.4 is 20.1 Å². The van der Waals surface area contributed by atoms with E-state index < -0.39 is 0 Å². The van der Waals surface area contributed by atoms with Crippen LogP contribution >= 0.6 is 0 Å². The molecule has 0 spiro atoms. The predicted octanol–water partition coefficient (Wildman–Crippen LogP) is 2.95. The first-order chi connectivity index (χ1) is 13.0. The number of methoxy groups -OCH3 is 2. The van der Waals surface area contributed by atoms with Gasteiger partial charge < -0.3 is 20.1 Å². The first-order valence-electron chi connectivity index (χ1n) is 8.92. The molecule has 2 aromatic rings. The van der Waals surface area contributed by atoms with Crippen molar-refractivity contribution in [3.8, 4) is 11.5 Å². The Hall–Kier alpha value is -3.02. The minimum absolute atomic E-state index is 0.0572. The monoisotopic (exact) mass is 370 g/mol. The van der Waals surface area contributed by atoms with Crippen LogP contribution in [0.3, 0.4) is 0 Å². The van der Waals surface area contributed by atoms with E-state index in [2.05, 4.69) is 10.6 Å². The summed E-state index contributed by atoms with van der Waals surface area (Å²) in [6.07, 6.45) is 1.63. The normalized spacial score (nSPS) is 10.2. The molecule has 0 atom stereocenters. The maximum atomic E-state index is 12.1. The molecule has 0 heterocycles. The van der Waals surface area contributed by atoms with Crippen LogP contribution in [-0.4, -0.2) is 32.6 Å². The zero-order valence-corrected chi connectivity index (χ0v) is 16.0. The van der Waals surface area contributed by atoms with E-state index in [1.807, 2.05) is 43.3 Å². The molecular formula is C21H26N2O4. The average molecular weight is 370 g/mol. The molecule has 0 aliphatic carbocycles. The third-order valence-corrected chi connectivity index (χ3v) is 4.17. The first kappa shape index (κ1) is 20.3. The molecule has 0 aromatic heterocycles. The van der Waals surface area contributed by atoms with E-state index in [0.717, 1.165) is 23.2 Å². The van der Waals surface area contributed by atoms with E-state index in [0.29, 0.717) is 17.9 Å². The van der Waals surface area contributed by atoms with Crippen molar-refractivity contribution < 1.29 is 19.1 Å². The number of aryl methyl sites for hydroxylation is 2. The van der Waals surface area contributed by atoms with Crippen molar-refractivity contribution in [3.05, 3.63) is 53.6 Å². The Morgan fingerprint density at radius 1 is 0.963 bits per heavy atom. The lowest BCUT2D eigenvalue weighted by molar-refractivity contribution is -0.124. The highest BCUT2D eigenvalue weighted by atomic mass is 16.5. The summed E-state index contributed by atoms with van der Waals surface area (Å²) in [5.74, 6) is 0.931. The molecule has 2 amide bonds. The summed E-state index contributed by atoms with van der Waals surface area (Å²) in [4.78, 5) is 24.1. The van der Waals surface area contributed by atoms with E-state index in [1.165, 1.54) is 0 Å². The molecule has 0 bridgehead atoms. The molecule has 0 saturated carbocycles. The Bertz CT molecular complexity index is 767. The van der Waals surface area contributed by atoms with E-state index in [9.17, 15) is 9.59 Å². The predicted molar refractivity (Wildman–Crippen MR) is 105 cm³/mol. The number of hydrogen-bond acceptors (Lipinski definition) is 4. The molecule has 27 heavy (non-hydrogen) atoms. The zero-order chi connectivity index (χ0) is 19.6. The van der Waals surface area contributed by atoms with Crippen LogP contribution in [-0.2, 0) is 22.4 Å². The summed E-state index contributed by atoms with van der Waals surface area (Å²) in [5.41, 5.74) is 2.77. The Balaban J connectivity index is 1.81. The van der Waals surface area contributed by atoms with Gasteiger partial charge in [-0.05, 0) is 42.2 Å². The highest BCUT2D eigenvalue weighted by Gasteiger charge is 2.09. The lowest BCUT2D eigenvalue weighted by atomic mass is 10.1. The third kappa shape index (κ3) is 6.33. The van der Waals surface area contributed by atoms with Gasteiger partial charge in [0.2, 0.25) is 11.8 Å². The van der Waals surface area contributed by atoms with Gasteiger partial charge in [0.1, 0.15) is 11.5 Å². The molecular weight excluding hydrogens is 344 g/mol. The minimum atomic E-state index is -0.243. The Morgan fingerprint density at radius 3 is 2.26 bits per heavy atom. The summed E-state index contributed by atoms with van der Waals surface area (Å²) < 4.78 is 10.5. The van der Waals surface area contributed by atoms with Crippen molar-refractivity contribution in [3.63, 3.8) is 0 Å². The Kier molecular flexibility index (Phi) is 7.67. The van der Waals surface area contributed by atoms with E-state index >= 15 is 0 Å². The topological polar surface area (TPSA) is 76.7 Å². The summed E-state index contributed by atoms with van der Waals surface area (Å²) in [6, 6.07) is 13.1. The smallest absolute Gasteiger partial charge is 0.243 e. The summed E-state index contributed by atoms with van der Waals surface area (Å²) >= 11 is 0. The second-order valence-electron chi connectivity index (χ2n) is 6.06. The van der Waals surface area contributed by atoms with Crippen LogP contribution in [0.5, 0.6) is 11.5 Å². The van der Waals surface area contributed by atoms with Gasteiger partial charge in [0.15, 0.2) is 0 Å². The van der Waals surface area contributed by atoms with Gasteiger partial charge >= 0.3 is 0 Å². The maximum Gasteiger partial charge on any atom is 0.243 e. The standard InChI is InChI=1S/C21H26N2O4/c1-4-16-7-5-6-8-19(16)23-21(25)14-22-20(24)10-9-15-11-17(26-2)13-18(12-15)27-3/h5-8,11-13H,4,9-10,14H2,1-3H3,(H,22,24)(H,23,25). The first-order valence-corrected chi connectivity index (χ1v) is 8.92. The van der Waals surface area contributed by atoms with Gasteiger partial charge in [-0.2, -0.15) is 0 Å². The van der Waals surface area contributed by atoms with Gasteiger partial charge in [-0.1, -0.05) is 25.1 Å². The molecule has 2 N–H and O–H groups in total. The number of nitrogens with one attached hydrogen (secondary N) is 2.